The van der Waals surface area contributed by atoms with Gasteiger partial charge < -0.3 is 15.8 Å². The molecule has 110 valence electrons. The van der Waals surface area contributed by atoms with Crippen molar-refractivity contribution in [1.29, 1.82) is 0 Å². The third-order valence-corrected chi connectivity index (χ3v) is 3.48. The Hall–Kier alpha value is -1.66. The zero-order valence-corrected chi connectivity index (χ0v) is 12.1. The fourth-order valence-electron chi connectivity index (χ4n) is 2.26. The number of likely N-dealkylation sites (N-methyl/N-ethyl adjacent to an activating group) is 1. The van der Waals surface area contributed by atoms with Crippen LogP contribution in [0.15, 0.2) is 12.3 Å². The van der Waals surface area contributed by atoms with Crippen LogP contribution in [0, 0.1) is 6.92 Å². The molecular weight excluding hydrogens is 256 g/mol. The van der Waals surface area contributed by atoms with Crippen molar-refractivity contribution in [3.63, 3.8) is 0 Å². The number of pyridine rings is 1. The minimum absolute atomic E-state index is 0.0345. The van der Waals surface area contributed by atoms with Gasteiger partial charge >= 0.3 is 0 Å². The number of rotatable bonds is 4. The quantitative estimate of drug-likeness (QED) is 0.834. The number of nitrogen functional groups attached to an aromatic ring is 1. The summed E-state index contributed by atoms with van der Waals surface area (Å²) in [4.78, 5) is 18.5. The van der Waals surface area contributed by atoms with Gasteiger partial charge in [-0.05, 0) is 19.5 Å². The Labute approximate surface area is 119 Å². The molecule has 1 amide bonds. The summed E-state index contributed by atoms with van der Waals surface area (Å²) in [6.07, 6.45) is 1.55. The van der Waals surface area contributed by atoms with Gasteiger partial charge in [0.15, 0.2) is 0 Å². The van der Waals surface area contributed by atoms with E-state index >= 15 is 0 Å². The minimum atomic E-state index is -0.202. The number of nitrogens with one attached hydrogen (secondary N) is 1. The van der Waals surface area contributed by atoms with E-state index in [1.165, 1.54) is 6.20 Å². The summed E-state index contributed by atoms with van der Waals surface area (Å²) in [5, 5.41) is 2.86. The van der Waals surface area contributed by atoms with Crippen LogP contribution in [0.5, 0.6) is 0 Å². The maximum Gasteiger partial charge on any atom is 0.255 e. The number of aryl methyl sites for hydroxylation is 1. The van der Waals surface area contributed by atoms with Crippen molar-refractivity contribution in [3.05, 3.63) is 23.5 Å². The molecule has 1 saturated heterocycles. The molecule has 6 nitrogen and oxygen atoms in total. The molecule has 2 rings (SSSR count). The molecule has 0 aliphatic carbocycles. The van der Waals surface area contributed by atoms with Gasteiger partial charge in [-0.3, -0.25) is 14.7 Å². The fourth-order valence-corrected chi connectivity index (χ4v) is 2.26. The number of carbonyl (C=O) groups is 1. The van der Waals surface area contributed by atoms with Crippen LogP contribution in [-0.4, -0.2) is 54.7 Å². The Balaban J connectivity index is 1.88. The molecule has 0 aromatic carbocycles. The molecule has 6 heteroatoms. The number of morpholine rings is 1. The molecule has 0 saturated carbocycles. The maximum atomic E-state index is 12.1. The van der Waals surface area contributed by atoms with Gasteiger partial charge in [0, 0.05) is 37.2 Å². The average Bonchev–Trinajstić information content (AvgIpc) is 2.45. The Morgan fingerprint density at radius 3 is 3.15 bits per heavy atom. The van der Waals surface area contributed by atoms with Gasteiger partial charge in [-0.1, -0.05) is 6.92 Å². The van der Waals surface area contributed by atoms with E-state index in [2.05, 4.69) is 22.1 Å². The SMILES string of the molecule is CCN1CCOC(CNC(=O)c2cnc(C)cc2N)C1. The van der Waals surface area contributed by atoms with Gasteiger partial charge in [0.25, 0.3) is 5.91 Å². The van der Waals surface area contributed by atoms with Gasteiger partial charge in [0.05, 0.1) is 18.3 Å². The monoisotopic (exact) mass is 278 g/mol. The number of nitrogens with zero attached hydrogens (tertiary/aromatic N) is 2. The molecule has 3 N–H and O–H groups in total. The van der Waals surface area contributed by atoms with Crippen molar-refractivity contribution in [2.75, 3.05) is 38.5 Å². The number of hydrogen-bond donors (Lipinski definition) is 2. The lowest BCUT2D eigenvalue weighted by Gasteiger charge is -2.32. The second kappa shape index (κ2) is 6.67. The van der Waals surface area contributed by atoms with Crippen LogP contribution < -0.4 is 11.1 Å². The van der Waals surface area contributed by atoms with Gasteiger partial charge in [-0.15, -0.1) is 0 Å². The molecule has 1 unspecified atom stereocenters. The van der Waals surface area contributed by atoms with E-state index in [1.54, 1.807) is 6.07 Å². The predicted molar refractivity (Wildman–Crippen MR) is 77.6 cm³/mol. The second-order valence-corrected chi connectivity index (χ2v) is 5.01. The number of carbonyl (C=O) groups excluding carboxylic acids is 1. The topological polar surface area (TPSA) is 80.5 Å². The van der Waals surface area contributed by atoms with Crippen LogP contribution in [0.1, 0.15) is 23.0 Å². The highest BCUT2D eigenvalue weighted by atomic mass is 16.5. The third kappa shape index (κ3) is 3.68. The van der Waals surface area contributed by atoms with Crippen molar-refractivity contribution in [2.45, 2.75) is 20.0 Å². The zero-order chi connectivity index (χ0) is 14.5. The number of nitrogens with two attached hydrogens (primary N) is 1. The van der Waals surface area contributed by atoms with Crippen LogP contribution in [0.3, 0.4) is 0 Å². The van der Waals surface area contributed by atoms with Gasteiger partial charge in [-0.25, -0.2) is 0 Å². The number of amides is 1. The van der Waals surface area contributed by atoms with Gasteiger partial charge in [0.2, 0.25) is 0 Å². The highest BCUT2D eigenvalue weighted by Gasteiger charge is 2.20. The van der Waals surface area contributed by atoms with Gasteiger partial charge in [0.1, 0.15) is 0 Å². The van der Waals surface area contributed by atoms with Crippen LogP contribution in [0.25, 0.3) is 0 Å². The van der Waals surface area contributed by atoms with Crippen molar-refractivity contribution in [2.24, 2.45) is 0 Å². The molecule has 1 atom stereocenters. The smallest absolute Gasteiger partial charge is 0.255 e. The first-order valence-electron chi connectivity index (χ1n) is 6.94. The number of anilines is 1. The summed E-state index contributed by atoms with van der Waals surface area (Å²) < 4.78 is 5.64. The van der Waals surface area contributed by atoms with E-state index in [4.69, 9.17) is 10.5 Å². The third-order valence-electron chi connectivity index (χ3n) is 3.48. The first kappa shape index (κ1) is 14.7. The molecule has 0 bridgehead atoms. The van der Waals surface area contributed by atoms with E-state index in [-0.39, 0.29) is 12.0 Å². The summed E-state index contributed by atoms with van der Waals surface area (Å²) in [5.41, 5.74) is 7.50. The number of ether oxygens (including phenoxy) is 1. The Morgan fingerprint density at radius 2 is 2.45 bits per heavy atom. The average molecular weight is 278 g/mol. The summed E-state index contributed by atoms with van der Waals surface area (Å²) in [7, 11) is 0. The van der Waals surface area contributed by atoms with E-state index in [0.29, 0.717) is 24.4 Å². The van der Waals surface area contributed by atoms with E-state index in [0.717, 1.165) is 25.3 Å². The molecule has 1 aromatic rings. The summed E-state index contributed by atoms with van der Waals surface area (Å²) in [6, 6.07) is 1.70. The van der Waals surface area contributed by atoms with Crippen molar-refractivity contribution >= 4 is 11.6 Å². The molecule has 0 radical (unpaired) electrons. The first-order valence-corrected chi connectivity index (χ1v) is 6.94. The van der Waals surface area contributed by atoms with E-state index < -0.39 is 0 Å². The zero-order valence-electron chi connectivity index (χ0n) is 12.1. The van der Waals surface area contributed by atoms with Crippen LogP contribution in [-0.2, 0) is 4.74 Å². The molecule has 0 spiro atoms. The van der Waals surface area contributed by atoms with Crippen LogP contribution in [0.2, 0.25) is 0 Å². The maximum absolute atomic E-state index is 12.1. The molecule has 2 heterocycles. The lowest BCUT2D eigenvalue weighted by Crippen LogP contribution is -2.47. The predicted octanol–water partition coefficient (Wildman–Crippen LogP) is 0.423. The molecule has 1 fully saturated rings. The van der Waals surface area contributed by atoms with Crippen LogP contribution >= 0.6 is 0 Å². The normalized spacial score (nSPS) is 19.8. The van der Waals surface area contributed by atoms with Crippen molar-refractivity contribution < 1.29 is 9.53 Å². The molecule has 1 aliphatic heterocycles. The second-order valence-electron chi connectivity index (χ2n) is 5.01. The largest absolute Gasteiger partial charge is 0.398 e. The summed E-state index contributed by atoms with van der Waals surface area (Å²) >= 11 is 0. The Bertz CT molecular complexity index is 478. The van der Waals surface area contributed by atoms with Crippen molar-refractivity contribution in [3.8, 4) is 0 Å². The molecule has 1 aliphatic rings. The molecule has 1 aromatic heterocycles. The van der Waals surface area contributed by atoms with Crippen LogP contribution in [0.4, 0.5) is 5.69 Å². The van der Waals surface area contributed by atoms with E-state index in [9.17, 15) is 4.79 Å². The lowest BCUT2D eigenvalue weighted by atomic mass is 10.2. The number of aromatic nitrogens is 1. The summed E-state index contributed by atoms with van der Waals surface area (Å²) in [6.45, 7) is 7.97. The minimum Gasteiger partial charge on any atom is -0.398 e. The standard InChI is InChI=1S/C14H22N4O2/c1-3-18-4-5-20-11(9-18)7-17-14(19)12-8-16-10(2)6-13(12)15/h6,8,11H,3-5,7,9H2,1-2H3,(H2,15,16)(H,17,19). The summed E-state index contributed by atoms with van der Waals surface area (Å²) in [5.74, 6) is -0.202. The number of hydrogen-bond acceptors (Lipinski definition) is 5. The fraction of sp³-hybridized carbons (Fsp3) is 0.571. The van der Waals surface area contributed by atoms with E-state index in [1.807, 2.05) is 6.92 Å². The van der Waals surface area contributed by atoms with Crippen molar-refractivity contribution in [1.82, 2.24) is 15.2 Å². The van der Waals surface area contributed by atoms with Gasteiger partial charge in [-0.2, -0.15) is 0 Å². The first-order chi connectivity index (χ1) is 9.60. The molecule has 20 heavy (non-hydrogen) atoms. The Kier molecular flexibility index (Phi) is 4.92. The lowest BCUT2D eigenvalue weighted by molar-refractivity contribution is -0.0246. The molecular formula is C14H22N4O2. The highest BCUT2D eigenvalue weighted by Crippen LogP contribution is 2.11. The Morgan fingerprint density at radius 1 is 1.65 bits per heavy atom. The highest BCUT2D eigenvalue weighted by molar-refractivity contribution is 5.98.